The Morgan fingerprint density at radius 1 is 1.50 bits per heavy atom. The third-order valence-corrected chi connectivity index (χ3v) is 3.70. The van der Waals surface area contributed by atoms with Crippen molar-refractivity contribution >= 4 is 11.6 Å². The van der Waals surface area contributed by atoms with Crippen LogP contribution >= 0.6 is 0 Å². The highest BCUT2D eigenvalue weighted by Crippen LogP contribution is 2.23. The molecule has 2 atom stereocenters. The van der Waals surface area contributed by atoms with Crippen LogP contribution < -0.4 is 11.1 Å². The van der Waals surface area contributed by atoms with E-state index in [2.05, 4.69) is 11.4 Å². The monoisotopic (exact) mass is 277 g/mol. The molecule has 0 bridgehead atoms. The number of nitrogens with zero attached hydrogens (tertiary/aromatic N) is 1. The van der Waals surface area contributed by atoms with Gasteiger partial charge in [0.1, 0.15) is 0 Å². The van der Waals surface area contributed by atoms with Crippen molar-refractivity contribution in [3.05, 3.63) is 29.8 Å². The molecule has 1 heterocycles. The molecule has 0 aliphatic carbocycles. The van der Waals surface area contributed by atoms with Crippen molar-refractivity contribution in [1.82, 2.24) is 4.90 Å². The van der Waals surface area contributed by atoms with E-state index < -0.39 is 0 Å². The first-order valence-electron chi connectivity index (χ1n) is 6.95. The Morgan fingerprint density at radius 2 is 2.25 bits per heavy atom. The average Bonchev–Trinajstić information content (AvgIpc) is 2.57. The van der Waals surface area contributed by atoms with E-state index in [-0.39, 0.29) is 18.0 Å². The second-order valence-corrected chi connectivity index (χ2v) is 5.36. The van der Waals surface area contributed by atoms with Crippen molar-refractivity contribution in [2.45, 2.75) is 24.9 Å². The van der Waals surface area contributed by atoms with Gasteiger partial charge < -0.3 is 15.8 Å². The van der Waals surface area contributed by atoms with Gasteiger partial charge in [-0.3, -0.25) is 9.69 Å². The molecule has 2 unspecified atom stereocenters. The molecule has 1 aliphatic heterocycles. The number of hydrogen-bond donors (Lipinski definition) is 2. The molecular formula is C15H23N3O2. The van der Waals surface area contributed by atoms with Crippen LogP contribution in [0.2, 0.25) is 0 Å². The van der Waals surface area contributed by atoms with Crippen LogP contribution in [-0.4, -0.2) is 50.2 Å². The van der Waals surface area contributed by atoms with Gasteiger partial charge in [0.05, 0.1) is 12.6 Å². The van der Waals surface area contributed by atoms with Crippen LogP contribution in [0.4, 0.5) is 5.69 Å². The van der Waals surface area contributed by atoms with E-state index in [1.54, 1.807) is 7.11 Å². The van der Waals surface area contributed by atoms with Crippen LogP contribution in [0.25, 0.3) is 0 Å². The van der Waals surface area contributed by atoms with Crippen LogP contribution in [0.3, 0.4) is 0 Å². The van der Waals surface area contributed by atoms with Crippen LogP contribution in [0.1, 0.15) is 12.0 Å². The third kappa shape index (κ3) is 3.56. The maximum atomic E-state index is 12.3. The van der Waals surface area contributed by atoms with Crippen molar-refractivity contribution in [3.8, 4) is 0 Å². The number of nitrogens with two attached hydrogens (primary N) is 1. The molecule has 0 radical (unpaired) electrons. The molecule has 0 fully saturated rings. The molecule has 20 heavy (non-hydrogen) atoms. The minimum absolute atomic E-state index is 0.0436. The molecule has 5 nitrogen and oxygen atoms in total. The SMILES string of the molecule is COCC(N)CN(C)C1CCc2ccccc2NC1=O. The van der Waals surface area contributed by atoms with E-state index in [1.165, 1.54) is 5.56 Å². The number of likely N-dealkylation sites (N-methyl/N-ethyl adjacent to an activating group) is 1. The number of anilines is 1. The van der Waals surface area contributed by atoms with Crippen LogP contribution in [0.5, 0.6) is 0 Å². The molecule has 1 amide bonds. The highest BCUT2D eigenvalue weighted by Gasteiger charge is 2.27. The Hall–Kier alpha value is -1.43. The number of nitrogens with one attached hydrogen (secondary N) is 1. The van der Waals surface area contributed by atoms with E-state index >= 15 is 0 Å². The van der Waals surface area contributed by atoms with Crippen molar-refractivity contribution in [2.24, 2.45) is 5.73 Å². The minimum atomic E-state index is -0.148. The van der Waals surface area contributed by atoms with Gasteiger partial charge in [-0.1, -0.05) is 18.2 Å². The molecule has 1 aliphatic rings. The van der Waals surface area contributed by atoms with E-state index in [0.717, 1.165) is 18.5 Å². The number of carbonyl (C=O) groups excluding carboxylic acids is 1. The second-order valence-electron chi connectivity index (χ2n) is 5.36. The molecule has 3 N–H and O–H groups in total. The smallest absolute Gasteiger partial charge is 0.241 e. The fraction of sp³-hybridized carbons (Fsp3) is 0.533. The van der Waals surface area contributed by atoms with Gasteiger partial charge in [0.2, 0.25) is 5.91 Å². The number of rotatable bonds is 5. The molecule has 0 spiro atoms. The van der Waals surface area contributed by atoms with E-state index in [9.17, 15) is 4.79 Å². The van der Waals surface area contributed by atoms with Gasteiger partial charge in [0.15, 0.2) is 0 Å². The van der Waals surface area contributed by atoms with Crippen molar-refractivity contribution in [3.63, 3.8) is 0 Å². The number of para-hydroxylation sites is 1. The van der Waals surface area contributed by atoms with Crippen LogP contribution in [0, 0.1) is 0 Å². The summed E-state index contributed by atoms with van der Waals surface area (Å²) in [5.41, 5.74) is 8.08. The molecule has 1 aromatic carbocycles. The zero-order valence-corrected chi connectivity index (χ0v) is 12.1. The zero-order chi connectivity index (χ0) is 14.5. The fourth-order valence-electron chi connectivity index (χ4n) is 2.68. The Morgan fingerprint density at radius 3 is 3.00 bits per heavy atom. The van der Waals surface area contributed by atoms with E-state index in [4.69, 9.17) is 10.5 Å². The summed E-state index contributed by atoms with van der Waals surface area (Å²) in [6, 6.07) is 7.73. The predicted molar refractivity (Wildman–Crippen MR) is 79.7 cm³/mol. The molecule has 1 aromatic rings. The molecule has 110 valence electrons. The summed E-state index contributed by atoms with van der Waals surface area (Å²) in [4.78, 5) is 14.4. The summed E-state index contributed by atoms with van der Waals surface area (Å²) in [6.07, 6.45) is 1.70. The van der Waals surface area contributed by atoms with Gasteiger partial charge in [-0.05, 0) is 31.5 Å². The maximum Gasteiger partial charge on any atom is 0.241 e. The van der Waals surface area contributed by atoms with E-state index in [0.29, 0.717) is 13.2 Å². The summed E-state index contributed by atoms with van der Waals surface area (Å²) in [6.45, 7) is 1.14. The number of benzene rings is 1. The van der Waals surface area contributed by atoms with Gasteiger partial charge in [0, 0.05) is 25.4 Å². The second kappa shape index (κ2) is 6.83. The molecule has 5 heteroatoms. The highest BCUT2D eigenvalue weighted by molar-refractivity contribution is 5.96. The highest BCUT2D eigenvalue weighted by atomic mass is 16.5. The Balaban J connectivity index is 2.02. The number of aryl methyl sites for hydroxylation is 1. The standard InChI is InChI=1S/C15H23N3O2/c1-18(9-12(16)10-20-2)14-8-7-11-5-3-4-6-13(11)17-15(14)19/h3-6,12,14H,7-10,16H2,1-2H3,(H,17,19). The van der Waals surface area contributed by atoms with Gasteiger partial charge in [-0.2, -0.15) is 0 Å². The number of fused-ring (bicyclic) bond motifs is 1. The average molecular weight is 277 g/mol. The number of methoxy groups -OCH3 is 1. The molecular weight excluding hydrogens is 254 g/mol. The van der Waals surface area contributed by atoms with Gasteiger partial charge in [-0.25, -0.2) is 0 Å². The first-order chi connectivity index (χ1) is 9.61. The van der Waals surface area contributed by atoms with Crippen molar-refractivity contribution in [1.29, 1.82) is 0 Å². The number of ether oxygens (including phenoxy) is 1. The lowest BCUT2D eigenvalue weighted by Crippen LogP contribution is -2.47. The Labute approximate surface area is 120 Å². The summed E-state index contributed by atoms with van der Waals surface area (Å²) in [5.74, 6) is 0.0436. The summed E-state index contributed by atoms with van der Waals surface area (Å²) >= 11 is 0. The molecule has 0 saturated carbocycles. The lowest BCUT2D eigenvalue weighted by atomic mass is 10.0. The van der Waals surface area contributed by atoms with Crippen molar-refractivity contribution < 1.29 is 9.53 Å². The first-order valence-corrected chi connectivity index (χ1v) is 6.95. The maximum absolute atomic E-state index is 12.3. The first kappa shape index (κ1) is 15.0. The summed E-state index contributed by atoms with van der Waals surface area (Å²) < 4.78 is 5.04. The molecule has 2 rings (SSSR count). The third-order valence-electron chi connectivity index (χ3n) is 3.70. The van der Waals surface area contributed by atoms with Crippen molar-refractivity contribution in [2.75, 3.05) is 32.6 Å². The van der Waals surface area contributed by atoms with Gasteiger partial charge >= 0.3 is 0 Å². The largest absolute Gasteiger partial charge is 0.383 e. The Bertz CT molecular complexity index is 464. The predicted octanol–water partition coefficient (Wildman–Crippen LogP) is 0.845. The molecule has 0 aromatic heterocycles. The van der Waals surface area contributed by atoms with Gasteiger partial charge in [0.25, 0.3) is 0 Å². The quantitative estimate of drug-likeness (QED) is 0.837. The number of hydrogen-bond acceptors (Lipinski definition) is 4. The summed E-state index contributed by atoms with van der Waals surface area (Å²) in [7, 11) is 3.57. The number of carbonyl (C=O) groups is 1. The lowest BCUT2D eigenvalue weighted by Gasteiger charge is -2.27. The van der Waals surface area contributed by atoms with Crippen LogP contribution in [0.15, 0.2) is 24.3 Å². The lowest BCUT2D eigenvalue weighted by molar-refractivity contribution is -0.121. The topological polar surface area (TPSA) is 67.6 Å². The van der Waals surface area contributed by atoms with Gasteiger partial charge in [-0.15, -0.1) is 0 Å². The zero-order valence-electron chi connectivity index (χ0n) is 12.1. The molecule has 0 saturated heterocycles. The van der Waals surface area contributed by atoms with E-state index in [1.807, 2.05) is 30.1 Å². The van der Waals surface area contributed by atoms with Crippen LogP contribution in [-0.2, 0) is 16.0 Å². The number of amides is 1. The minimum Gasteiger partial charge on any atom is -0.383 e. The summed E-state index contributed by atoms with van der Waals surface area (Å²) in [5, 5.41) is 3.01. The Kier molecular flexibility index (Phi) is 5.11. The fourth-order valence-corrected chi connectivity index (χ4v) is 2.68. The normalized spacial score (nSPS) is 20.2.